The van der Waals surface area contributed by atoms with Gasteiger partial charge >= 0.3 is 5.51 Å². The molecule has 0 aromatic heterocycles. The van der Waals surface area contributed by atoms with Crippen molar-refractivity contribution in [1.29, 1.82) is 0 Å². The van der Waals surface area contributed by atoms with E-state index in [0.717, 1.165) is 30.8 Å². The highest BCUT2D eigenvalue weighted by molar-refractivity contribution is 8.00. The van der Waals surface area contributed by atoms with Gasteiger partial charge in [-0.25, -0.2) is 0 Å². The summed E-state index contributed by atoms with van der Waals surface area (Å²) < 4.78 is 41.8. The number of methoxy groups -OCH3 is 1. The minimum atomic E-state index is -4.14. The molecule has 0 bridgehead atoms. The fraction of sp³-hybridized carbons (Fsp3) is 0.600. The van der Waals surface area contributed by atoms with Crippen LogP contribution in [0.1, 0.15) is 18.9 Å². The van der Waals surface area contributed by atoms with Gasteiger partial charge in [-0.3, -0.25) is 0 Å². The van der Waals surface area contributed by atoms with Crippen molar-refractivity contribution >= 4 is 11.8 Å². The quantitative estimate of drug-likeness (QED) is 0.740. The Hall–Kier alpha value is -0.880. The number of alkyl halides is 3. The SMILES string of the molecule is CCNCC(CCSC(F)(F)F)Cc1cccc(OC)c1. The fourth-order valence-corrected chi connectivity index (χ4v) is 2.78. The molecule has 2 nitrogen and oxygen atoms in total. The maximum atomic E-state index is 12.2. The third-order valence-corrected chi connectivity index (χ3v) is 3.90. The topological polar surface area (TPSA) is 21.3 Å². The highest BCUT2D eigenvalue weighted by atomic mass is 32.2. The van der Waals surface area contributed by atoms with E-state index in [2.05, 4.69) is 5.32 Å². The lowest BCUT2D eigenvalue weighted by Gasteiger charge is -2.18. The Labute approximate surface area is 128 Å². The zero-order valence-electron chi connectivity index (χ0n) is 12.4. The van der Waals surface area contributed by atoms with Crippen LogP contribution in [0.15, 0.2) is 24.3 Å². The van der Waals surface area contributed by atoms with Gasteiger partial charge in [-0.2, -0.15) is 13.2 Å². The summed E-state index contributed by atoms with van der Waals surface area (Å²) >= 11 is 0.0611. The molecule has 6 heteroatoms. The maximum absolute atomic E-state index is 12.2. The molecule has 0 aliphatic rings. The Kier molecular flexibility index (Phi) is 7.96. The number of thioether (sulfide) groups is 1. The van der Waals surface area contributed by atoms with Crippen LogP contribution in [0.25, 0.3) is 0 Å². The number of hydrogen-bond acceptors (Lipinski definition) is 3. The van der Waals surface area contributed by atoms with Gasteiger partial charge in [0.25, 0.3) is 0 Å². The predicted molar refractivity (Wildman–Crippen MR) is 81.9 cm³/mol. The standard InChI is InChI=1S/C15H22F3NOS/c1-3-19-11-13(7-8-21-15(16,17)18)9-12-5-4-6-14(10-12)20-2/h4-6,10,13,19H,3,7-9,11H2,1-2H3. The molecule has 120 valence electrons. The first-order valence-electron chi connectivity index (χ1n) is 6.99. The average Bonchev–Trinajstić information content (AvgIpc) is 2.43. The van der Waals surface area contributed by atoms with E-state index in [4.69, 9.17) is 4.74 Å². The van der Waals surface area contributed by atoms with Gasteiger partial charge < -0.3 is 10.1 Å². The van der Waals surface area contributed by atoms with Gasteiger partial charge in [-0.15, -0.1) is 0 Å². The second-order valence-corrected chi connectivity index (χ2v) is 5.97. The van der Waals surface area contributed by atoms with Gasteiger partial charge in [0.2, 0.25) is 0 Å². The summed E-state index contributed by atoms with van der Waals surface area (Å²) in [5.74, 6) is 1.06. The van der Waals surface area contributed by atoms with E-state index in [0.29, 0.717) is 6.42 Å². The summed E-state index contributed by atoms with van der Waals surface area (Å²) in [6.45, 7) is 3.54. The number of nitrogens with one attached hydrogen (secondary N) is 1. The van der Waals surface area contributed by atoms with Crippen LogP contribution in [0.3, 0.4) is 0 Å². The molecule has 0 amide bonds. The Bertz CT molecular complexity index is 412. The van der Waals surface area contributed by atoms with E-state index >= 15 is 0 Å². The first-order chi connectivity index (χ1) is 9.94. The number of benzene rings is 1. The van der Waals surface area contributed by atoms with Crippen LogP contribution >= 0.6 is 11.8 Å². The molecule has 0 aliphatic carbocycles. The van der Waals surface area contributed by atoms with E-state index in [1.807, 2.05) is 31.2 Å². The van der Waals surface area contributed by atoms with Crippen LogP contribution in [0.4, 0.5) is 13.2 Å². The zero-order chi connectivity index (χ0) is 15.7. The van der Waals surface area contributed by atoms with E-state index < -0.39 is 5.51 Å². The van der Waals surface area contributed by atoms with Crippen molar-refractivity contribution in [2.24, 2.45) is 5.92 Å². The lowest BCUT2D eigenvalue weighted by atomic mass is 9.96. The highest BCUT2D eigenvalue weighted by Crippen LogP contribution is 2.31. The van der Waals surface area contributed by atoms with Crippen molar-refractivity contribution in [2.75, 3.05) is 26.0 Å². The highest BCUT2D eigenvalue weighted by Gasteiger charge is 2.28. The lowest BCUT2D eigenvalue weighted by Crippen LogP contribution is -2.25. The largest absolute Gasteiger partial charge is 0.497 e. The average molecular weight is 321 g/mol. The molecule has 0 radical (unpaired) electrons. The molecule has 1 aromatic rings. The van der Waals surface area contributed by atoms with Crippen molar-refractivity contribution in [3.05, 3.63) is 29.8 Å². The summed E-state index contributed by atoms with van der Waals surface area (Å²) in [6.07, 6.45) is 1.29. The Morgan fingerprint density at radius 1 is 1.33 bits per heavy atom. The minimum Gasteiger partial charge on any atom is -0.497 e. The van der Waals surface area contributed by atoms with E-state index in [9.17, 15) is 13.2 Å². The van der Waals surface area contributed by atoms with Crippen molar-refractivity contribution < 1.29 is 17.9 Å². The number of rotatable bonds is 9. The zero-order valence-corrected chi connectivity index (χ0v) is 13.2. The number of hydrogen-bond donors (Lipinski definition) is 1. The van der Waals surface area contributed by atoms with Gasteiger partial charge in [0.05, 0.1) is 7.11 Å². The summed E-state index contributed by atoms with van der Waals surface area (Å²) in [7, 11) is 1.61. The van der Waals surface area contributed by atoms with E-state index in [1.54, 1.807) is 7.11 Å². The number of halogens is 3. The molecule has 0 fully saturated rings. The van der Waals surface area contributed by atoms with Crippen molar-refractivity contribution in [2.45, 2.75) is 25.3 Å². The third-order valence-electron chi connectivity index (χ3n) is 3.13. The van der Waals surface area contributed by atoms with Crippen LogP contribution in [0.5, 0.6) is 5.75 Å². The van der Waals surface area contributed by atoms with Crippen LogP contribution in [0.2, 0.25) is 0 Å². The molecule has 1 aromatic carbocycles. The van der Waals surface area contributed by atoms with Crippen molar-refractivity contribution in [3.63, 3.8) is 0 Å². The smallest absolute Gasteiger partial charge is 0.441 e. The summed E-state index contributed by atoms with van der Waals surface area (Å²) in [6, 6.07) is 7.69. The summed E-state index contributed by atoms with van der Waals surface area (Å²) in [4.78, 5) is 0. The van der Waals surface area contributed by atoms with Crippen molar-refractivity contribution in [3.8, 4) is 5.75 Å². The fourth-order valence-electron chi connectivity index (χ4n) is 2.10. The maximum Gasteiger partial charge on any atom is 0.441 e. The molecule has 1 N–H and O–H groups in total. The van der Waals surface area contributed by atoms with Gasteiger partial charge in [0.15, 0.2) is 0 Å². The van der Waals surface area contributed by atoms with Crippen LogP contribution in [-0.2, 0) is 6.42 Å². The molecular formula is C15H22F3NOS. The minimum absolute atomic E-state index is 0.0611. The third kappa shape index (κ3) is 8.21. The molecule has 0 saturated heterocycles. The van der Waals surface area contributed by atoms with Crippen LogP contribution < -0.4 is 10.1 Å². The molecule has 1 rings (SSSR count). The molecule has 0 saturated carbocycles. The molecule has 1 atom stereocenters. The second kappa shape index (κ2) is 9.20. The predicted octanol–water partition coefficient (Wildman–Crippen LogP) is 4.11. The molecular weight excluding hydrogens is 299 g/mol. The first-order valence-corrected chi connectivity index (χ1v) is 7.97. The van der Waals surface area contributed by atoms with E-state index in [1.165, 1.54) is 0 Å². The summed E-state index contributed by atoms with van der Waals surface area (Å²) in [5.41, 5.74) is -3.05. The van der Waals surface area contributed by atoms with Gasteiger partial charge in [-0.05, 0) is 49.5 Å². The van der Waals surface area contributed by atoms with Crippen molar-refractivity contribution in [1.82, 2.24) is 5.32 Å². The Balaban J connectivity index is 2.55. The first kappa shape index (κ1) is 18.2. The lowest BCUT2D eigenvalue weighted by molar-refractivity contribution is -0.0328. The molecule has 0 heterocycles. The van der Waals surface area contributed by atoms with Gasteiger partial charge in [-0.1, -0.05) is 30.8 Å². The molecule has 0 aliphatic heterocycles. The number of ether oxygens (including phenoxy) is 1. The van der Waals surface area contributed by atoms with Crippen LogP contribution in [-0.4, -0.2) is 31.5 Å². The van der Waals surface area contributed by atoms with Gasteiger partial charge in [0.1, 0.15) is 5.75 Å². The Morgan fingerprint density at radius 3 is 2.71 bits per heavy atom. The van der Waals surface area contributed by atoms with E-state index in [-0.39, 0.29) is 23.4 Å². The molecule has 21 heavy (non-hydrogen) atoms. The molecule has 0 spiro atoms. The summed E-state index contributed by atoms with van der Waals surface area (Å²) in [5, 5.41) is 3.22. The normalized spacial score (nSPS) is 13.2. The monoisotopic (exact) mass is 321 g/mol. The molecule has 1 unspecified atom stereocenters. The van der Waals surface area contributed by atoms with Crippen LogP contribution in [0, 0.1) is 5.92 Å². The van der Waals surface area contributed by atoms with Gasteiger partial charge in [0, 0.05) is 5.75 Å². The Morgan fingerprint density at radius 2 is 2.10 bits per heavy atom. The second-order valence-electron chi connectivity index (χ2n) is 4.81.